The lowest BCUT2D eigenvalue weighted by Crippen LogP contribution is -2.44. The second kappa shape index (κ2) is 3.38. The van der Waals surface area contributed by atoms with Gasteiger partial charge in [-0.2, -0.15) is 0 Å². The fourth-order valence-corrected chi connectivity index (χ4v) is 0.962. The Labute approximate surface area is 70.2 Å². The van der Waals surface area contributed by atoms with Crippen LogP contribution < -0.4 is 11.5 Å². The number of primary amides is 1. The molecule has 4 N–H and O–H groups in total. The molecule has 0 aromatic rings. The van der Waals surface area contributed by atoms with Crippen LogP contribution in [-0.2, 0) is 9.63 Å². The fourth-order valence-electron chi connectivity index (χ4n) is 0.962. The number of hydrogen-bond acceptors (Lipinski definition) is 4. The number of amides is 1. The average molecular weight is 169 g/mol. The number of nitrogens with two attached hydrogens (primary N) is 2. The molecule has 0 aromatic carbocycles. The van der Waals surface area contributed by atoms with E-state index in [0.29, 0.717) is 5.57 Å². The van der Waals surface area contributed by atoms with E-state index in [1.54, 1.807) is 18.4 Å². The highest BCUT2D eigenvalue weighted by atomic mass is 16.7. The molecule has 0 spiro atoms. The van der Waals surface area contributed by atoms with Crippen LogP contribution >= 0.6 is 0 Å². The third-order valence-corrected chi connectivity index (χ3v) is 1.60. The predicted octanol–water partition coefficient (Wildman–Crippen LogP) is -0.926. The molecule has 0 saturated heterocycles. The number of hydroxylamine groups is 2. The average Bonchev–Trinajstić information content (AvgIpc) is 2.04. The van der Waals surface area contributed by atoms with Crippen molar-refractivity contribution in [3.63, 3.8) is 0 Å². The molecule has 1 unspecified atom stereocenters. The van der Waals surface area contributed by atoms with Crippen LogP contribution in [0.4, 0.5) is 0 Å². The lowest BCUT2D eigenvalue weighted by atomic mass is 10.1. The fraction of sp³-hybridized carbons (Fsp3) is 0.286. The van der Waals surface area contributed by atoms with Crippen LogP contribution in [0, 0.1) is 0 Å². The van der Waals surface area contributed by atoms with Crippen molar-refractivity contribution in [3.05, 3.63) is 23.9 Å². The molecule has 1 aliphatic heterocycles. The van der Waals surface area contributed by atoms with Gasteiger partial charge in [0.2, 0.25) is 5.91 Å². The van der Waals surface area contributed by atoms with Crippen molar-refractivity contribution in [1.29, 1.82) is 0 Å². The topological polar surface area (TPSA) is 81.6 Å². The highest BCUT2D eigenvalue weighted by Gasteiger charge is 2.21. The molecule has 1 rings (SSSR count). The van der Waals surface area contributed by atoms with Gasteiger partial charge < -0.3 is 11.5 Å². The zero-order valence-electron chi connectivity index (χ0n) is 6.73. The van der Waals surface area contributed by atoms with Crippen molar-refractivity contribution in [1.82, 2.24) is 5.06 Å². The van der Waals surface area contributed by atoms with Gasteiger partial charge in [0.25, 0.3) is 0 Å². The van der Waals surface area contributed by atoms with Crippen molar-refractivity contribution in [2.24, 2.45) is 11.5 Å². The Bertz CT molecular complexity index is 247. The van der Waals surface area contributed by atoms with Crippen LogP contribution in [0.15, 0.2) is 23.9 Å². The van der Waals surface area contributed by atoms with Crippen LogP contribution in [0.25, 0.3) is 0 Å². The maximum Gasteiger partial charge on any atom is 0.248 e. The largest absolute Gasteiger partial charge is 0.366 e. The minimum atomic E-state index is -0.613. The summed E-state index contributed by atoms with van der Waals surface area (Å²) in [6.45, 7) is 0. The van der Waals surface area contributed by atoms with Crippen LogP contribution in [-0.4, -0.2) is 24.2 Å². The molecule has 5 heteroatoms. The molecular formula is C7H11N3O2. The molecule has 1 amide bonds. The third kappa shape index (κ3) is 1.46. The number of rotatable bonds is 2. The Kier molecular flexibility index (Phi) is 2.47. The third-order valence-electron chi connectivity index (χ3n) is 1.60. The monoisotopic (exact) mass is 169 g/mol. The number of nitrogens with zero attached hydrogens (tertiary/aromatic N) is 1. The van der Waals surface area contributed by atoms with Gasteiger partial charge in [0, 0.05) is 6.20 Å². The number of hydrogen-bond donors (Lipinski definition) is 2. The van der Waals surface area contributed by atoms with Gasteiger partial charge in [-0.15, -0.1) is 0 Å². The quantitative estimate of drug-likeness (QED) is 0.559. The summed E-state index contributed by atoms with van der Waals surface area (Å²) in [7, 11) is 1.47. The van der Waals surface area contributed by atoms with Crippen molar-refractivity contribution in [2.45, 2.75) is 6.17 Å². The molecule has 1 aliphatic rings. The molecule has 12 heavy (non-hydrogen) atoms. The number of carbonyl (C=O) groups excluding carboxylic acids is 1. The number of allylic oxidation sites excluding steroid dienone is 2. The van der Waals surface area contributed by atoms with Crippen molar-refractivity contribution in [3.8, 4) is 0 Å². The Hall–Kier alpha value is -1.33. The maximum atomic E-state index is 10.8. The van der Waals surface area contributed by atoms with Gasteiger partial charge in [-0.3, -0.25) is 9.63 Å². The highest BCUT2D eigenvalue weighted by Crippen LogP contribution is 2.11. The lowest BCUT2D eigenvalue weighted by Gasteiger charge is -2.27. The summed E-state index contributed by atoms with van der Waals surface area (Å²) in [4.78, 5) is 15.6. The Balaban J connectivity index is 2.83. The van der Waals surface area contributed by atoms with Crippen LogP contribution in [0.3, 0.4) is 0 Å². The van der Waals surface area contributed by atoms with E-state index in [0.717, 1.165) is 0 Å². The van der Waals surface area contributed by atoms with Gasteiger partial charge in [-0.25, -0.2) is 5.06 Å². The molecule has 66 valence electrons. The first-order valence-corrected chi connectivity index (χ1v) is 3.43. The Morgan fingerprint density at radius 3 is 2.92 bits per heavy atom. The summed E-state index contributed by atoms with van der Waals surface area (Å²) in [6.07, 6.45) is 4.23. The van der Waals surface area contributed by atoms with Crippen molar-refractivity contribution in [2.75, 3.05) is 7.11 Å². The summed E-state index contributed by atoms with van der Waals surface area (Å²) in [5.74, 6) is -0.533. The van der Waals surface area contributed by atoms with Gasteiger partial charge in [0.05, 0.1) is 12.7 Å². The standard InChI is InChI=1S/C7H11N3O2/c1-12-10-4-2-3-5(6(10)8)7(9)11/h2-4,6H,8H2,1H3,(H2,9,11). The van der Waals surface area contributed by atoms with Gasteiger partial charge in [0.15, 0.2) is 0 Å². The van der Waals surface area contributed by atoms with Gasteiger partial charge in [-0.1, -0.05) is 0 Å². The van der Waals surface area contributed by atoms with Gasteiger partial charge in [0.1, 0.15) is 6.17 Å². The Morgan fingerprint density at radius 2 is 2.42 bits per heavy atom. The van der Waals surface area contributed by atoms with E-state index in [4.69, 9.17) is 16.3 Å². The SMILES string of the molecule is CON1C=CC=C(C(N)=O)C1N. The molecule has 5 nitrogen and oxygen atoms in total. The second-order valence-electron chi connectivity index (χ2n) is 2.32. The van der Waals surface area contributed by atoms with Gasteiger partial charge in [-0.05, 0) is 12.2 Å². The normalized spacial score (nSPS) is 22.3. The van der Waals surface area contributed by atoms with E-state index in [-0.39, 0.29) is 0 Å². The molecule has 0 fully saturated rings. The van der Waals surface area contributed by atoms with Gasteiger partial charge >= 0.3 is 0 Å². The summed E-state index contributed by atoms with van der Waals surface area (Å²) in [6, 6.07) is 0. The first kappa shape index (κ1) is 8.76. The molecular weight excluding hydrogens is 158 g/mol. The second-order valence-corrected chi connectivity index (χ2v) is 2.32. The molecule has 0 saturated carbocycles. The first-order valence-electron chi connectivity index (χ1n) is 3.43. The molecule has 1 heterocycles. The number of carbonyl (C=O) groups is 1. The van der Waals surface area contributed by atoms with E-state index >= 15 is 0 Å². The molecule has 0 bridgehead atoms. The summed E-state index contributed by atoms with van der Waals surface area (Å²) in [5.41, 5.74) is 11.0. The Morgan fingerprint density at radius 1 is 1.75 bits per heavy atom. The minimum absolute atomic E-state index is 0.333. The smallest absolute Gasteiger partial charge is 0.248 e. The molecule has 1 atom stereocenters. The van der Waals surface area contributed by atoms with E-state index in [1.165, 1.54) is 12.2 Å². The maximum absolute atomic E-state index is 10.8. The molecule has 0 aromatic heterocycles. The van der Waals surface area contributed by atoms with Crippen LogP contribution in [0.5, 0.6) is 0 Å². The summed E-state index contributed by atoms with van der Waals surface area (Å²) >= 11 is 0. The van der Waals surface area contributed by atoms with E-state index in [9.17, 15) is 4.79 Å². The minimum Gasteiger partial charge on any atom is -0.366 e. The first-order chi connectivity index (χ1) is 5.66. The van der Waals surface area contributed by atoms with E-state index in [1.807, 2.05) is 0 Å². The van der Waals surface area contributed by atoms with Crippen LogP contribution in [0.1, 0.15) is 0 Å². The lowest BCUT2D eigenvalue weighted by molar-refractivity contribution is -0.124. The zero-order chi connectivity index (χ0) is 9.14. The van der Waals surface area contributed by atoms with Crippen molar-refractivity contribution >= 4 is 5.91 Å². The highest BCUT2D eigenvalue weighted by molar-refractivity contribution is 5.93. The predicted molar refractivity (Wildman–Crippen MR) is 43.2 cm³/mol. The van der Waals surface area contributed by atoms with Crippen molar-refractivity contribution < 1.29 is 9.63 Å². The van der Waals surface area contributed by atoms with E-state index in [2.05, 4.69) is 0 Å². The van der Waals surface area contributed by atoms with E-state index < -0.39 is 12.1 Å². The summed E-state index contributed by atoms with van der Waals surface area (Å²) < 4.78 is 0. The molecule has 0 aliphatic carbocycles. The zero-order valence-corrected chi connectivity index (χ0v) is 6.73. The summed E-state index contributed by atoms with van der Waals surface area (Å²) in [5, 5.41) is 1.35. The molecule has 0 radical (unpaired) electrons. The van der Waals surface area contributed by atoms with Crippen LogP contribution in [0.2, 0.25) is 0 Å².